The van der Waals surface area contributed by atoms with Crippen molar-refractivity contribution in [2.75, 3.05) is 19.0 Å². The third-order valence-electron chi connectivity index (χ3n) is 4.74. The largest absolute Gasteiger partial charge is 0.508 e. The molecule has 0 aromatic heterocycles. The fraction of sp³-hybridized carbons (Fsp3) is 0.200. The van der Waals surface area contributed by atoms with E-state index in [0.717, 1.165) is 24.0 Å². The normalized spacial score (nSPS) is 10.4. The van der Waals surface area contributed by atoms with Gasteiger partial charge in [-0.25, -0.2) is 4.79 Å². The van der Waals surface area contributed by atoms with Crippen molar-refractivity contribution in [1.29, 1.82) is 0 Å². The number of phenolic OH excluding ortho intramolecular Hbond substituents is 1. The van der Waals surface area contributed by atoms with E-state index in [1.165, 1.54) is 19.2 Å². The van der Waals surface area contributed by atoms with Gasteiger partial charge in [-0.05, 0) is 47.9 Å². The van der Waals surface area contributed by atoms with Crippen molar-refractivity contribution in [1.82, 2.24) is 0 Å². The van der Waals surface area contributed by atoms with Crippen LogP contribution in [-0.2, 0) is 4.74 Å². The molecule has 31 heavy (non-hydrogen) atoms. The number of anilines is 1. The first-order chi connectivity index (χ1) is 15.0. The topological polar surface area (TPSA) is 84.9 Å². The van der Waals surface area contributed by atoms with Crippen LogP contribution in [0.1, 0.15) is 40.5 Å². The number of aromatic hydroxyl groups is 1. The average molecular weight is 419 g/mol. The second-order valence-corrected chi connectivity index (χ2v) is 6.95. The highest BCUT2D eigenvalue weighted by Crippen LogP contribution is 2.29. The van der Waals surface area contributed by atoms with Gasteiger partial charge in [0.05, 0.1) is 30.5 Å². The number of carbonyl (C=O) groups is 2. The van der Waals surface area contributed by atoms with Gasteiger partial charge in [-0.2, -0.15) is 0 Å². The molecule has 0 aliphatic heterocycles. The maximum absolute atomic E-state index is 13.1. The number of ether oxygens (including phenoxy) is 2. The molecule has 6 nitrogen and oxygen atoms in total. The van der Waals surface area contributed by atoms with Gasteiger partial charge in [0.25, 0.3) is 5.91 Å². The van der Waals surface area contributed by atoms with Crippen LogP contribution < -0.4 is 10.1 Å². The molecule has 0 atom stereocenters. The van der Waals surface area contributed by atoms with Crippen LogP contribution in [0.25, 0.3) is 11.1 Å². The Morgan fingerprint density at radius 3 is 2.42 bits per heavy atom. The van der Waals surface area contributed by atoms with E-state index in [4.69, 9.17) is 9.47 Å². The molecule has 0 fully saturated rings. The van der Waals surface area contributed by atoms with E-state index in [9.17, 15) is 14.7 Å². The summed E-state index contributed by atoms with van der Waals surface area (Å²) in [6.45, 7) is 2.50. The number of methoxy groups -OCH3 is 1. The van der Waals surface area contributed by atoms with Crippen LogP contribution in [0.5, 0.6) is 11.5 Å². The van der Waals surface area contributed by atoms with E-state index in [1.807, 2.05) is 37.3 Å². The summed E-state index contributed by atoms with van der Waals surface area (Å²) >= 11 is 0. The van der Waals surface area contributed by atoms with Gasteiger partial charge in [-0.1, -0.05) is 49.7 Å². The summed E-state index contributed by atoms with van der Waals surface area (Å²) in [5.41, 5.74) is 2.48. The van der Waals surface area contributed by atoms with Gasteiger partial charge < -0.3 is 19.9 Å². The zero-order chi connectivity index (χ0) is 22.2. The van der Waals surface area contributed by atoms with Gasteiger partial charge in [-0.15, -0.1) is 0 Å². The Morgan fingerprint density at radius 1 is 0.935 bits per heavy atom. The first kappa shape index (κ1) is 21.9. The molecule has 0 heterocycles. The SMILES string of the molecule is CCCCOc1ccc(O)cc1C(=O)Nc1cc(-c2ccccc2)ccc1C(=O)OC. The predicted octanol–water partition coefficient (Wildman–Crippen LogP) is 5.28. The smallest absolute Gasteiger partial charge is 0.339 e. The summed E-state index contributed by atoms with van der Waals surface area (Å²) in [6.07, 6.45) is 1.79. The molecule has 3 rings (SSSR count). The molecule has 2 N–H and O–H groups in total. The van der Waals surface area contributed by atoms with Crippen LogP contribution in [0.4, 0.5) is 5.69 Å². The van der Waals surface area contributed by atoms with Gasteiger partial charge >= 0.3 is 5.97 Å². The molecule has 0 radical (unpaired) electrons. The molecule has 0 aliphatic carbocycles. The van der Waals surface area contributed by atoms with Crippen LogP contribution in [0, 0.1) is 0 Å². The summed E-state index contributed by atoms with van der Waals surface area (Å²) in [6, 6.07) is 19.1. The lowest BCUT2D eigenvalue weighted by Gasteiger charge is -2.15. The van der Waals surface area contributed by atoms with Crippen molar-refractivity contribution in [3.8, 4) is 22.6 Å². The number of carbonyl (C=O) groups excluding carboxylic acids is 2. The fourth-order valence-corrected chi connectivity index (χ4v) is 3.08. The van der Waals surface area contributed by atoms with Crippen molar-refractivity contribution in [3.05, 3.63) is 77.9 Å². The summed E-state index contributed by atoms with van der Waals surface area (Å²) in [7, 11) is 1.29. The second-order valence-electron chi connectivity index (χ2n) is 6.95. The number of hydrogen-bond acceptors (Lipinski definition) is 5. The third-order valence-corrected chi connectivity index (χ3v) is 4.74. The van der Waals surface area contributed by atoms with Gasteiger partial charge in [-0.3, -0.25) is 4.79 Å². The number of amides is 1. The van der Waals surface area contributed by atoms with Crippen molar-refractivity contribution in [2.45, 2.75) is 19.8 Å². The highest BCUT2D eigenvalue weighted by molar-refractivity contribution is 6.10. The molecule has 160 valence electrons. The van der Waals surface area contributed by atoms with E-state index >= 15 is 0 Å². The Hall–Kier alpha value is -3.80. The Balaban J connectivity index is 1.96. The molecule has 1 amide bonds. The van der Waals surface area contributed by atoms with Gasteiger partial charge in [0.15, 0.2) is 0 Å². The number of rotatable bonds is 8. The lowest BCUT2D eigenvalue weighted by molar-refractivity contribution is 0.0602. The Morgan fingerprint density at radius 2 is 1.71 bits per heavy atom. The van der Waals surface area contributed by atoms with Crippen LogP contribution >= 0.6 is 0 Å². The zero-order valence-corrected chi connectivity index (χ0v) is 17.6. The number of hydrogen-bond donors (Lipinski definition) is 2. The average Bonchev–Trinajstić information content (AvgIpc) is 2.80. The quantitative estimate of drug-likeness (QED) is 0.383. The Bertz CT molecular complexity index is 1060. The highest BCUT2D eigenvalue weighted by Gasteiger charge is 2.19. The van der Waals surface area contributed by atoms with Crippen molar-refractivity contribution in [3.63, 3.8) is 0 Å². The number of phenols is 1. The summed E-state index contributed by atoms with van der Waals surface area (Å²) < 4.78 is 10.6. The van der Waals surface area contributed by atoms with E-state index in [-0.39, 0.29) is 16.9 Å². The Labute approximate surface area is 181 Å². The third kappa shape index (κ3) is 5.42. The monoisotopic (exact) mass is 419 g/mol. The maximum Gasteiger partial charge on any atom is 0.339 e. The minimum Gasteiger partial charge on any atom is -0.508 e. The van der Waals surface area contributed by atoms with Crippen molar-refractivity contribution < 1.29 is 24.2 Å². The van der Waals surface area contributed by atoms with Crippen molar-refractivity contribution in [2.24, 2.45) is 0 Å². The van der Waals surface area contributed by atoms with E-state index in [1.54, 1.807) is 24.3 Å². The number of benzene rings is 3. The van der Waals surface area contributed by atoms with E-state index in [0.29, 0.717) is 18.0 Å². The summed E-state index contributed by atoms with van der Waals surface area (Å²) in [4.78, 5) is 25.3. The van der Waals surface area contributed by atoms with Gasteiger partial charge in [0, 0.05) is 0 Å². The molecule has 0 spiro atoms. The predicted molar refractivity (Wildman–Crippen MR) is 120 cm³/mol. The van der Waals surface area contributed by atoms with E-state index < -0.39 is 11.9 Å². The minimum atomic E-state index is -0.565. The number of nitrogens with one attached hydrogen (secondary N) is 1. The minimum absolute atomic E-state index is 0.0563. The molecule has 0 saturated carbocycles. The van der Waals surface area contributed by atoms with Crippen LogP contribution in [0.3, 0.4) is 0 Å². The van der Waals surface area contributed by atoms with Crippen LogP contribution in [-0.4, -0.2) is 30.7 Å². The lowest BCUT2D eigenvalue weighted by Crippen LogP contribution is -2.17. The number of unbranched alkanes of at least 4 members (excludes halogenated alkanes) is 1. The first-order valence-electron chi connectivity index (χ1n) is 10.1. The molecule has 3 aromatic rings. The molecule has 0 aliphatic rings. The Kier molecular flexibility index (Phi) is 7.27. The lowest BCUT2D eigenvalue weighted by atomic mass is 10.0. The standard InChI is InChI=1S/C25H25NO5/c1-3-4-14-31-23-13-11-19(27)16-21(23)24(28)26-22-15-18(17-8-6-5-7-9-17)10-12-20(22)25(29)30-2/h5-13,15-16,27H,3-4,14H2,1-2H3,(H,26,28). The molecule has 6 heteroatoms. The highest BCUT2D eigenvalue weighted by atomic mass is 16.5. The van der Waals surface area contributed by atoms with E-state index in [2.05, 4.69) is 5.32 Å². The van der Waals surface area contributed by atoms with Gasteiger partial charge in [0.2, 0.25) is 0 Å². The van der Waals surface area contributed by atoms with Gasteiger partial charge in [0.1, 0.15) is 11.5 Å². The fourth-order valence-electron chi connectivity index (χ4n) is 3.08. The maximum atomic E-state index is 13.1. The molecule has 0 bridgehead atoms. The molecule has 0 unspecified atom stereocenters. The van der Waals surface area contributed by atoms with Crippen molar-refractivity contribution >= 4 is 17.6 Å². The summed E-state index contributed by atoms with van der Waals surface area (Å²) in [5, 5.41) is 12.7. The van der Waals surface area contributed by atoms with Crippen LogP contribution in [0.15, 0.2) is 66.7 Å². The molecule has 3 aromatic carbocycles. The molecular weight excluding hydrogens is 394 g/mol. The second kappa shape index (κ2) is 10.3. The first-order valence-corrected chi connectivity index (χ1v) is 10.1. The number of esters is 1. The zero-order valence-electron chi connectivity index (χ0n) is 17.6. The summed E-state index contributed by atoms with van der Waals surface area (Å²) in [5.74, 6) is -0.759. The van der Waals surface area contributed by atoms with Crippen LogP contribution in [0.2, 0.25) is 0 Å². The molecule has 0 saturated heterocycles. The molecular formula is C25H25NO5.